The first-order valence-electron chi connectivity index (χ1n) is 8.77. The van der Waals surface area contributed by atoms with Crippen molar-refractivity contribution in [3.8, 4) is 21.9 Å². The predicted octanol–water partition coefficient (Wildman–Crippen LogP) is 4.40. The molecule has 0 fully saturated rings. The predicted molar refractivity (Wildman–Crippen MR) is 109 cm³/mol. The van der Waals surface area contributed by atoms with Crippen LogP contribution in [0, 0.1) is 0 Å². The molecule has 0 saturated carbocycles. The van der Waals surface area contributed by atoms with E-state index in [4.69, 9.17) is 9.47 Å². The minimum Gasteiger partial charge on any atom is -0.486 e. The molecule has 0 spiro atoms. The minimum absolute atomic E-state index is 0.161. The molecule has 0 unspecified atom stereocenters. The van der Waals surface area contributed by atoms with Gasteiger partial charge in [0.15, 0.2) is 11.5 Å². The zero-order valence-electron chi connectivity index (χ0n) is 15.2. The lowest BCUT2D eigenvalue weighted by Gasteiger charge is -2.18. The van der Waals surface area contributed by atoms with E-state index in [9.17, 15) is 9.59 Å². The third-order valence-corrected chi connectivity index (χ3v) is 5.23. The maximum atomic E-state index is 12.6. The molecule has 2 heterocycles. The molecule has 6 nitrogen and oxygen atoms in total. The first-order chi connectivity index (χ1) is 13.6. The molecule has 1 aromatic heterocycles. The van der Waals surface area contributed by atoms with E-state index in [0.29, 0.717) is 29.5 Å². The van der Waals surface area contributed by atoms with E-state index < -0.39 is 0 Å². The second-order valence-electron chi connectivity index (χ2n) is 6.24. The van der Waals surface area contributed by atoms with E-state index in [0.717, 1.165) is 21.9 Å². The number of amides is 2. The largest absolute Gasteiger partial charge is 0.486 e. The third kappa shape index (κ3) is 3.99. The summed E-state index contributed by atoms with van der Waals surface area (Å²) in [7, 11) is 0. The summed E-state index contributed by atoms with van der Waals surface area (Å²) in [4.78, 5) is 25.3. The fourth-order valence-electron chi connectivity index (χ4n) is 2.88. The normalized spacial score (nSPS) is 12.3. The molecule has 7 heteroatoms. The van der Waals surface area contributed by atoms with E-state index >= 15 is 0 Å². The highest BCUT2D eigenvalue weighted by Gasteiger charge is 2.15. The Labute approximate surface area is 166 Å². The Morgan fingerprint density at radius 2 is 1.64 bits per heavy atom. The van der Waals surface area contributed by atoms with Crippen LogP contribution in [0.3, 0.4) is 0 Å². The standard InChI is InChI=1S/C21H18N2O4S/c1-13(24)22-15-3-2-4-16(12-15)23-21(25)20-8-7-19(28-20)14-5-6-17-18(11-14)27-10-9-26-17/h2-8,11-12H,9-10H2,1H3,(H,22,24)(H,23,25). The van der Waals surface area contributed by atoms with Gasteiger partial charge in [-0.3, -0.25) is 9.59 Å². The summed E-state index contributed by atoms with van der Waals surface area (Å²) in [5, 5.41) is 5.56. The number of carbonyl (C=O) groups is 2. The summed E-state index contributed by atoms with van der Waals surface area (Å²) in [6.07, 6.45) is 0. The van der Waals surface area contributed by atoms with Crippen LogP contribution in [0.4, 0.5) is 11.4 Å². The summed E-state index contributed by atoms with van der Waals surface area (Å²) in [6.45, 7) is 2.53. The Hall–Kier alpha value is -3.32. The quantitative estimate of drug-likeness (QED) is 0.688. The van der Waals surface area contributed by atoms with E-state index in [-0.39, 0.29) is 11.8 Å². The minimum atomic E-state index is -0.200. The fourth-order valence-corrected chi connectivity index (χ4v) is 3.78. The van der Waals surface area contributed by atoms with Crippen molar-refractivity contribution in [3.05, 3.63) is 59.5 Å². The van der Waals surface area contributed by atoms with Gasteiger partial charge in [-0.1, -0.05) is 6.07 Å². The molecule has 0 aliphatic carbocycles. The maximum Gasteiger partial charge on any atom is 0.265 e. The third-order valence-electron chi connectivity index (χ3n) is 4.10. The monoisotopic (exact) mass is 394 g/mol. The van der Waals surface area contributed by atoms with Crippen LogP contribution in [-0.2, 0) is 4.79 Å². The molecular weight excluding hydrogens is 376 g/mol. The molecule has 0 saturated heterocycles. The van der Waals surface area contributed by atoms with Crippen LogP contribution < -0.4 is 20.1 Å². The number of thiophene rings is 1. The Kier molecular flexibility index (Phi) is 4.99. The molecule has 3 aromatic rings. The van der Waals surface area contributed by atoms with Crippen LogP contribution in [0.1, 0.15) is 16.6 Å². The van der Waals surface area contributed by atoms with Crippen LogP contribution >= 0.6 is 11.3 Å². The average molecular weight is 394 g/mol. The van der Waals surface area contributed by atoms with E-state index in [1.165, 1.54) is 18.3 Å². The Morgan fingerprint density at radius 1 is 0.893 bits per heavy atom. The summed E-state index contributed by atoms with van der Waals surface area (Å²) in [6, 6.07) is 16.5. The second-order valence-corrected chi connectivity index (χ2v) is 7.32. The number of hydrogen-bond donors (Lipinski definition) is 2. The molecule has 0 atom stereocenters. The molecular formula is C21H18N2O4S. The van der Waals surface area contributed by atoms with Gasteiger partial charge in [0.05, 0.1) is 4.88 Å². The number of benzene rings is 2. The van der Waals surface area contributed by atoms with Gasteiger partial charge in [0.1, 0.15) is 13.2 Å². The molecule has 2 amide bonds. The molecule has 0 radical (unpaired) electrons. The van der Waals surface area contributed by atoms with Gasteiger partial charge in [0, 0.05) is 23.2 Å². The number of ether oxygens (including phenoxy) is 2. The van der Waals surface area contributed by atoms with Crippen molar-refractivity contribution in [2.24, 2.45) is 0 Å². The zero-order chi connectivity index (χ0) is 19.5. The number of nitrogens with one attached hydrogen (secondary N) is 2. The lowest BCUT2D eigenvalue weighted by atomic mass is 10.1. The van der Waals surface area contributed by atoms with Gasteiger partial charge in [0.2, 0.25) is 5.91 Å². The highest BCUT2D eigenvalue weighted by atomic mass is 32.1. The summed E-state index contributed by atoms with van der Waals surface area (Å²) in [5.41, 5.74) is 2.22. The highest BCUT2D eigenvalue weighted by molar-refractivity contribution is 7.17. The van der Waals surface area contributed by atoms with Crippen molar-refractivity contribution in [3.63, 3.8) is 0 Å². The van der Waals surface area contributed by atoms with Gasteiger partial charge >= 0.3 is 0 Å². The number of fused-ring (bicyclic) bond motifs is 1. The van der Waals surface area contributed by atoms with E-state index in [2.05, 4.69) is 10.6 Å². The second kappa shape index (κ2) is 7.74. The van der Waals surface area contributed by atoms with E-state index in [1.807, 2.05) is 24.3 Å². The summed E-state index contributed by atoms with van der Waals surface area (Å²) >= 11 is 1.40. The molecule has 28 heavy (non-hydrogen) atoms. The molecule has 4 rings (SSSR count). The van der Waals surface area contributed by atoms with Crippen molar-refractivity contribution < 1.29 is 19.1 Å². The van der Waals surface area contributed by atoms with Crippen LogP contribution in [0.2, 0.25) is 0 Å². The Balaban J connectivity index is 1.50. The fraction of sp³-hybridized carbons (Fsp3) is 0.143. The van der Waals surface area contributed by atoms with Crippen LogP contribution in [0.5, 0.6) is 11.5 Å². The maximum absolute atomic E-state index is 12.6. The smallest absolute Gasteiger partial charge is 0.265 e. The van der Waals surface area contributed by atoms with Crippen molar-refractivity contribution in [1.29, 1.82) is 0 Å². The molecule has 0 bridgehead atoms. The van der Waals surface area contributed by atoms with E-state index in [1.54, 1.807) is 30.3 Å². The van der Waals surface area contributed by atoms with Gasteiger partial charge in [0.25, 0.3) is 5.91 Å². The highest BCUT2D eigenvalue weighted by Crippen LogP contribution is 2.37. The lowest BCUT2D eigenvalue weighted by molar-refractivity contribution is -0.114. The molecule has 1 aliphatic rings. The van der Waals surface area contributed by atoms with Crippen molar-refractivity contribution in [2.75, 3.05) is 23.8 Å². The molecule has 142 valence electrons. The first-order valence-corrected chi connectivity index (χ1v) is 9.59. The summed E-state index contributed by atoms with van der Waals surface area (Å²) < 4.78 is 11.2. The zero-order valence-corrected chi connectivity index (χ0v) is 16.0. The first kappa shape index (κ1) is 18.1. The van der Waals surface area contributed by atoms with Crippen molar-refractivity contribution >= 4 is 34.5 Å². The van der Waals surface area contributed by atoms with Crippen molar-refractivity contribution in [2.45, 2.75) is 6.92 Å². The number of anilines is 2. The van der Waals surface area contributed by atoms with Gasteiger partial charge in [-0.2, -0.15) is 0 Å². The molecule has 2 N–H and O–H groups in total. The van der Waals surface area contributed by atoms with Gasteiger partial charge < -0.3 is 20.1 Å². The SMILES string of the molecule is CC(=O)Nc1cccc(NC(=O)c2ccc(-c3ccc4c(c3)OCCO4)s2)c1. The number of rotatable bonds is 4. The lowest BCUT2D eigenvalue weighted by Crippen LogP contribution is -2.15. The topological polar surface area (TPSA) is 76.7 Å². The van der Waals surface area contributed by atoms with Crippen LogP contribution in [0.15, 0.2) is 54.6 Å². The average Bonchev–Trinajstić information content (AvgIpc) is 3.18. The van der Waals surface area contributed by atoms with Crippen LogP contribution in [-0.4, -0.2) is 25.0 Å². The molecule has 2 aromatic carbocycles. The molecule has 1 aliphatic heterocycles. The Bertz CT molecular complexity index is 1040. The summed E-state index contributed by atoms with van der Waals surface area (Å²) in [5.74, 6) is 1.10. The van der Waals surface area contributed by atoms with Crippen molar-refractivity contribution in [1.82, 2.24) is 0 Å². The van der Waals surface area contributed by atoms with Gasteiger partial charge in [-0.15, -0.1) is 11.3 Å². The number of hydrogen-bond acceptors (Lipinski definition) is 5. The van der Waals surface area contributed by atoms with Gasteiger partial charge in [-0.25, -0.2) is 0 Å². The number of carbonyl (C=O) groups excluding carboxylic acids is 2. The Morgan fingerprint density at radius 3 is 2.43 bits per heavy atom. The van der Waals surface area contributed by atoms with Crippen LogP contribution in [0.25, 0.3) is 10.4 Å². The van der Waals surface area contributed by atoms with Gasteiger partial charge in [-0.05, 0) is 54.1 Å².